The maximum atomic E-state index is 3.61. The number of rotatable bonds is 1. The van der Waals surface area contributed by atoms with Gasteiger partial charge in [-0.3, -0.25) is 0 Å². The van der Waals surface area contributed by atoms with Crippen LogP contribution in [0.3, 0.4) is 0 Å². The molecule has 0 saturated heterocycles. The van der Waals surface area contributed by atoms with Crippen molar-refractivity contribution in [1.82, 2.24) is 0 Å². The monoisotopic (exact) mass is 63.1 g/mol. The van der Waals surface area contributed by atoms with Crippen LogP contribution in [0.1, 0.15) is 0 Å². The number of hydrogen-bond acceptors (Lipinski definition) is 1. The summed E-state index contributed by atoms with van der Waals surface area (Å²) in [7, 11) is 5.11. The van der Waals surface area contributed by atoms with Gasteiger partial charge in [0, 0.05) is 0 Å². The Morgan fingerprint density at radius 1 is 1.80 bits per heavy atom. The van der Waals surface area contributed by atoms with E-state index in [4.69, 9.17) is 0 Å². The molecule has 0 saturated carbocycles. The molecular weight excluding hydrogens is 58.5 g/mol. The Morgan fingerprint density at radius 2 is 2.40 bits per heavy atom. The molecule has 4 heteroatoms. The fourth-order valence-electron chi connectivity index (χ4n) is 0.105. The molecule has 0 aliphatic heterocycles. The molecule has 0 rings (SSSR count). The zero-order valence-electron chi connectivity index (χ0n) is 3.31. The normalized spacial score (nSPS) is 6.40. The molecule has 0 aromatic rings. The molecule has 0 N–H and O–H groups in total. The van der Waals surface area contributed by atoms with Gasteiger partial charge in [-0.15, -0.1) is 0 Å². The minimum atomic E-state index is 1.64. The van der Waals surface area contributed by atoms with Gasteiger partial charge in [-0.05, 0) is 0 Å². The van der Waals surface area contributed by atoms with E-state index in [0.29, 0.717) is 0 Å². The van der Waals surface area contributed by atoms with Crippen molar-refractivity contribution in [2.24, 2.45) is 4.90 Å². The van der Waals surface area contributed by atoms with E-state index in [2.05, 4.69) is 12.3 Å². The Morgan fingerprint density at radius 3 is 2.40 bits per heavy atom. The van der Waals surface area contributed by atoms with Crippen molar-refractivity contribution in [1.29, 1.82) is 0 Å². The van der Waals surface area contributed by atoms with Crippen LogP contribution in [0.25, 0.3) is 0 Å². The van der Waals surface area contributed by atoms with Crippen LogP contribution in [-0.2, 0) is 0 Å². The molecule has 22 valence electrons. The van der Waals surface area contributed by atoms with Gasteiger partial charge in [0.05, 0.1) is 0 Å². The Balaban J connectivity index is 2.92. The first-order chi connectivity index (χ1) is 2.41. The van der Waals surface area contributed by atoms with Gasteiger partial charge in [0.1, 0.15) is 0 Å². The Labute approximate surface area is 34.0 Å². The molecule has 0 spiro atoms. The van der Waals surface area contributed by atoms with E-state index >= 15 is 0 Å². The Bertz CT molecular complexity index is 48.9. The van der Waals surface area contributed by atoms with Crippen molar-refractivity contribution < 1.29 is 0 Å². The fourth-order valence-corrected chi connectivity index (χ4v) is 0.105. The first-order valence-corrected chi connectivity index (χ1v) is 1.45. The average molecular weight is 62.5 g/mol. The molecule has 0 heterocycles. The Kier molecular flexibility index (Phi) is 3.99. The molecular formula is CH4B3N. The van der Waals surface area contributed by atoms with E-state index in [1.165, 1.54) is 0 Å². The van der Waals surface area contributed by atoms with Crippen LogP contribution in [0.5, 0.6) is 0 Å². The van der Waals surface area contributed by atoms with Gasteiger partial charge in [0.25, 0.3) is 0 Å². The van der Waals surface area contributed by atoms with Gasteiger partial charge in [0.2, 0.25) is 0 Å². The number of nitrogens with zero attached hydrogens (tertiary/aromatic N) is 1. The first kappa shape index (κ1) is 4.99. The first-order valence-electron chi connectivity index (χ1n) is 1.45. The van der Waals surface area contributed by atoms with Crippen molar-refractivity contribution in [3.8, 4) is 0 Å². The van der Waals surface area contributed by atoms with E-state index in [9.17, 15) is 0 Å². The third-order valence-corrected chi connectivity index (χ3v) is 0.254. The van der Waals surface area contributed by atoms with Crippen LogP contribution in [0.2, 0.25) is 0 Å². The summed E-state index contributed by atoms with van der Waals surface area (Å²) in [4.78, 5) is 3.61. The van der Waals surface area contributed by atoms with Crippen LogP contribution in [0.15, 0.2) is 4.90 Å². The fraction of sp³-hybridized carbons (Fsp3) is 1.00. The molecule has 0 aliphatic rings. The SMILES string of the molecule is B=BB=NC. The van der Waals surface area contributed by atoms with Crippen molar-refractivity contribution in [3.05, 3.63) is 0 Å². The molecule has 0 aromatic heterocycles. The molecule has 0 aliphatic carbocycles. The molecule has 0 bridgehead atoms. The van der Waals surface area contributed by atoms with Crippen LogP contribution in [-0.4, -0.2) is 28.1 Å². The van der Waals surface area contributed by atoms with Gasteiger partial charge in [-0.25, -0.2) is 0 Å². The standard InChI is InChI=1S/CH4B3N/c1-5-4-3-2/h2H,1H3. The van der Waals surface area contributed by atoms with Gasteiger partial charge in [-0.2, -0.15) is 0 Å². The summed E-state index contributed by atoms with van der Waals surface area (Å²) in [5.74, 6) is 0. The van der Waals surface area contributed by atoms with E-state index in [-0.39, 0.29) is 0 Å². The molecule has 1 nitrogen and oxygen atoms in total. The molecule has 0 unspecified atom stereocenters. The second-order valence-corrected chi connectivity index (χ2v) is 0.643. The summed E-state index contributed by atoms with van der Waals surface area (Å²) < 4.78 is 0. The van der Waals surface area contributed by atoms with E-state index in [0.717, 1.165) is 0 Å². The summed E-state index contributed by atoms with van der Waals surface area (Å²) in [5, 5.41) is 0. The topological polar surface area (TPSA) is 12.4 Å². The van der Waals surface area contributed by atoms with Crippen LogP contribution >= 0.6 is 0 Å². The average Bonchev–Trinajstić information content (AvgIpc) is 1.41. The van der Waals surface area contributed by atoms with Gasteiger partial charge >= 0.3 is 33.0 Å². The molecule has 0 radical (unpaired) electrons. The van der Waals surface area contributed by atoms with Gasteiger partial charge in [0.15, 0.2) is 0 Å². The Hall–Kier alpha value is -0.00519. The second kappa shape index (κ2) is 3.99. The minimum absolute atomic E-state index is 1.64. The van der Waals surface area contributed by atoms with Crippen molar-refractivity contribution >= 4 is 21.0 Å². The summed E-state index contributed by atoms with van der Waals surface area (Å²) in [6.07, 6.45) is 0. The second-order valence-electron chi connectivity index (χ2n) is 0.643. The molecule has 0 atom stereocenters. The number of hydrogen-bond donors (Lipinski definition) is 0. The summed E-state index contributed by atoms with van der Waals surface area (Å²) in [6.45, 7) is 3.28. The van der Waals surface area contributed by atoms with Crippen molar-refractivity contribution in [2.45, 2.75) is 0 Å². The van der Waals surface area contributed by atoms with Gasteiger partial charge in [-0.1, -0.05) is 0 Å². The zero-order valence-corrected chi connectivity index (χ0v) is 3.31. The third kappa shape index (κ3) is 3.99. The van der Waals surface area contributed by atoms with Gasteiger partial charge < -0.3 is 0 Å². The summed E-state index contributed by atoms with van der Waals surface area (Å²) >= 11 is 0. The summed E-state index contributed by atoms with van der Waals surface area (Å²) in [6, 6.07) is 0. The molecule has 0 amide bonds. The maximum absolute atomic E-state index is 3.61. The quantitative estimate of drug-likeness (QED) is 0.343. The van der Waals surface area contributed by atoms with E-state index in [1.807, 2.05) is 0 Å². The predicted molar refractivity (Wildman–Crippen MR) is 27.0 cm³/mol. The molecule has 5 heavy (non-hydrogen) atoms. The van der Waals surface area contributed by atoms with Crippen LogP contribution in [0, 0.1) is 0 Å². The molecule has 0 aromatic carbocycles. The third-order valence-electron chi connectivity index (χ3n) is 0.254. The molecule has 0 fully saturated rings. The van der Waals surface area contributed by atoms with Crippen molar-refractivity contribution in [2.75, 3.05) is 7.05 Å². The van der Waals surface area contributed by atoms with Crippen molar-refractivity contribution in [3.63, 3.8) is 0 Å². The van der Waals surface area contributed by atoms with E-state index < -0.39 is 0 Å². The zero-order chi connectivity index (χ0) is 4.12. The summed E-state index contributed by atoms with van der Waals surface area (Å²) in [5.41, 5.74) is 0. The van der Waals surface area contributed by atoms with Crippen LogP contribution in [0.4, 0.5) is 0 Å². The van der Waals surface area contributed by atoms with Crippen LogP contribution < -0.4 is 0 Å². The van der Waals surface area contributed by atoms with E-state index in [1.54, 1.807) is 20.7 Å². The predicted octanol–water partition coefficient (Wildman–Crippen LogP) is -1.06.